The SMILES string of the molecule is CC(C)(C)C(=O)C1=CC=C[CH]1.[C-]#[O+].[C-]#[O+].[C-]#[O+].[Mn]. The van der Waals surface area contributed by atoms with Gasteiger partial charge in [-0.3, -0.25) is 4.79 Å². The number of hydrogen-bond donors (Lipinski definition) is 0. The van der Waals surface area contributed by atoms with Gasteiger partial charge in [0.1, 0.15) is 0 Å². The zero-order valence-electron chi connectivity index (χ0n) is 10.3. The maximum Gasteiger partial charge on any atom is 0 e. The Balaban J connectivity index is -0.000000123. The molecule has 1 aliphatic carbocycles. The predicted molar refractivity (Wildman–Crippen MR) is 57.8 cm³/mol. The number of hydrogen-bond acceptors (Lipinski definition) is 1. The van der Waals surface area contributed by atoms with Crippen LogP contribution in [0.2, 0.25) is 0 Å². The number of rotatable bonds is 1. The fraction of sp³-hybridized carbons (Fsp3) is 0.308. The van der Waals surface area contributed by atoms with Crippen LogP contribution in [0.5, 0.6) is 0 Å². The number of allylic oxidation sites excluding steroid dienone is 4. The molecule has 0 atom stereocenters. The van der Waals surface area contributed by atoms with Crippen LogP contribution in [0, 0.1) is 31.8 Å². The van der Waals surface area contributed by atoms with Crippen LogP contribution in [0.25, 0.3) is 0 Å². The molecular weight excluding hydrogens is 275 g/mol. The zero-order valence-corrected chi connectivity index (χ0v) is 11.5. The van der Waals surface area contributed by atoms with Crippen molar-refractivity contribution < 1.29 is 35.8 Å². The molecule has 0 spiro atoms. The van der Waals surface area contributed by atoms with Gasteiger partial charge in [-0.25, -0.2) is 0 Å². The molecule has 96 valence electrons. The maximum absolute atomic E-state index is 11.5. The van der Waals surface area contributed by atoms with Crippen LogP contribution < -0.4 is 0 Å². The van der Waals surface area contributed by atoms with Crippen molar-refractivity contribution in [3.05, 3.63) is 50.2 Å². The molecule has 0 aromatic carbocycles. The van der Waals surface area contributed by atoms with Gasteiger partial charge in [-0.05, 0) is 0 Å². The summed E-state index contributed by atoms with van der Waals surface area (Å²) in [6.07, 6.45) is 7.49. The Hall–Kier alpha value is -1.11. The van der Waals surface area contributed by atoms with Crippen molar-refractivity contribution in [2.24, 2.45) is 5.41 Å². The first kappa shape index (κ1) is 25.7. The van der Waals surface area contributed by atoms with Crippen LogP contribution in [-0.2, 0) is 35.8 Å². The molecule has 0 saturated carbocycles. The third-order valence-corrected chi connectivity index (χ3v) is 1.61. The van der Waals surface area contributed by atoms with Gasteiger partial charge in [0.05, 0.1) is 0 Å². The number of carbonyl (C=O) groups excluding carboxylic acids is 1. The molecule has 0 aromatic heterocycles. The van der Waals surface area contributed by atoms with Crippen molar-refractivity contribution in [2.75, 3.05) is 0 Å². The summed E-state index contributed by atoms with van der Waals surface area (Å²) in [4.78, 5) is 11.5. The van der Waals surface area contributed by atoms with E-state index in [0.29, 0.717) is 0 Å². The van der Waals surface area contributed by atoms with Crippen molar-refractivity contribution in [3.63, 3.8) is 0 Å². The summed E-state index contributed by atoms with van der Waals surface area (Å²) >= 11 is 0. The fourth-order valence-electron chi connectivity index (χ4n) is 0.958. The Bertz CT molecular complexity index is 326. The Morgan fingerprint density at radius 2 is 1.39 bits per heavy atom. The first-order valence-electron chi connectivity index (χ1n) is 4.39. The van der Waals surface area contributed by atoms with Gasteiger partial charge in [0.25, 0.3) is 0 Å². The maximum atomic E-state index is 11.5. The third-order valence-electron chi connectivity index (χ3n) is 1.61. The summed E-state index contributed by atoms with van der Waals surface area (Å²) < 4.78 is 22.5. The minimum absolute atomic E-state index is 0. The molecule has 0 bridgehead atoms. The van der Waals surface area contributed by atoms with Gasteiger partial charge >= 0.3 is 33.9 Å². The quantitative estimate of drug-likeness (QED) is 0.414. The Labute approximate surface area is 118 Å². The van der Waals surface area contributed by atoms with Crippen LogP contribution in [0.1, 0.15) is 20.8 Å². The molecule has 0 saturated heterocycles. The largest absolute Gasteiger partial charge is 0 e. The first-order valence-corrected chi connectivity index (χ1v) is 4.39. The first-order chi connectivity index (χ1) is 8.02. The van der Waals surface area contributed by atoms with E-state index in [1.807, 2.05) is 45.4 Å². The van der Waals surface area contributed by atoms with Gasteiger partial charge in [0, 0.05) is 34.5 Å². The summed E-state index contributed by atoms with van der Waals surface area (Å²) in [7, 11) is 0. The van der Waals surface area contributed by atoms with Crippen molar-refractivity contribution in [1.82, 2.24) is 0 Å². The normalized spacial score (nSPS) is 10.6. The van der Waals surface area contributed by atoms with E-state index < -0.39 is 0 Å². The van der Waals surface area contributed by atoms with Gasteiger partial charge in [0.15, 0.2) is 5.78 Å². The molecule has 0 amide bonds. The standard InChI is InChI=1S/C10H13O.3CO.Mn/c1-10(2,3)9(11)8-6-4-5-7-8;3*1-2;/h4-7H,1-3H3;;;;. The molecule has 2 radical (unpaired) electrons. The third kappa shape index (κ3) is 11.4. The van der Waals surface area contributed by atoms with E-state index in [1.54, 1.807) is 0 Å². The summed E-state index contributed by atoms with van der Waals surface area (Å²) in [5.41, 5.74) is 0.562. The summed E-state index contributed by atoms with van der Waals surface area (Å²) in [6, 6.07) is 0. The van der Waals surface area contributed by atoms with E-state index in [9.17, 15) is 4.79 Å². The zero-order chi connectivity index (χ0) is 14.5. The van der Waals surface area contributed by atoms with Gasteiger partial charge in [-0.1, -0.05) is 39.0 Å². The van der Waals surface area contributed by atoms with Crippen molar-refractivity contribution in [2.45, 2.75) is 20.8 Å². The topological polar surface area (TPSA) is 76.8 Å². The van der Waals surface area contributed by atoms with Gasteiger partial charge in [0.2, 0.25) is 0 Å². The molecule has 5 heteroatoms. The molecule has 0 aromatic rings. The predicted octanol–water partition coefficient (Wildman–Crippen LogP) is 2.19. The van der Waals surface area contributed by atoms with Gasteiger partial charge < -0.3 is 0 Å². The molecule has 0 unspecified atom stereocenters. The second kappa shape index (κ2) is 15.9. The molecule has 4 nitrogen and oxygen atoms in total. The Kier molecular flexibility index (Phi) is 22.7. The van der Waals surface area contributed by atoms with Crippen LogP contribution >= 0.6 is 0 Å². The van der Waals surface area contributed by atoms with Crippen molar-refractivity contribution >= 4 is 5.78 Å². The molecule has 0 fully saturated rings. The van der Waals surface area contributed by atoms with E-state index in [2.05, 4.69) is 20.0 Å². The number of carbonyl (C=O) groups is 1. The molecule has 0 N–H and O–H groups in total. The van der Waals surface area contributed by atoms with Crippen LogP contribution in [-0.4, -0.2) is 5.78 Å². The molecule has 18 heavy (non-hydrogen) atoms. The van der Waals surface area contributed by atoms with E-state index in [1.165, 1.54) is 0 Å². The molecule has 1 aliphatic rings. The molecule has 1 rings (SSSR count). The summed E-state index contributed by atoms with van der Waals surface area (Å²) in [5, 5.41) is 0. The summed E-state index contributed by atoms with van der Waals surface area (Å²) in [6.45, 7) is 19.3. The van der Waals surface area contributed by atoms with Crippen LogP contribution in [0.4, 0.5) is 0 Å². The Morgan fingerprint density at radius 3 is 1.61 bits per heavy atom. The molecule has 0 heterocycles. The van der Waals surface area contributed by atoms with E-state index in [0.717, 1.165) is 5.57 Å². The molecular formula is C13H13MnO4. The monoisotopic (exact) mass is 288 g/mol. The second-order valence-corrected chi connectivity index (χ2v) is 3.75. The van der Waals surface area contributed by atoms with E-state index in [-0.39, 0.29) is 28.3 Å². The smallest absolute Gasteiger partial charge is 0 e. The minimum atomic E-state index is -0.256. The summed E-state index contributed by atoms with van der Waals surface area (Å²) in [5.74, 6) is 0.211. The van der Waals surface area contributed by atoms with E-state index in [4.69, 9.17) is 14.0 Å². The fourth-order valence-corrected chi connectivity index (χ4v) is 0.958. The van der Waals surface area contributed by atoms with Crippen molar-refractivity contribution in [3.8, 4) is 0 Å². The van der Waals surface area contributed by atoms with E-state index >= 15 is 0 Å². The second-order valence-electron chi connectivity index (χ2n) is 3.75. The number of ketones is 1. The molecule has 0 aliphatic heterocycles. The average molecular weight is 288 g/mol. The number of Topliss-reactive ketones (excluding diaryl/α,β-unsaturated/α-hetero) is 1. The Morgan fingerprint density at radius 1 is 1.00 bits per heavy atom. The average Bonchev–Trinajstić information content (AvgIpc) is 2.88. The van der Waals surface area contributed by atoms with Crippen LogP contribution in [0.3, 0.4) is 0 Å². The minimum Gasteiger partial charge on any atom is 0 e. The van der Waals surface area contributed by atoms with Crippen LogP contribution in [0.15, 0.2) is 23.8 Å². The van der Waals surface area contributed by atoms with Crippen molar-refractivity contribution in [1.29, 1.82) is 0 Å². The van der Waals surface area contributed by atoms with Gasteiger partial charge in [-0.15, -0.1) is 0 Å². The van der Waals surface area contributed by atoms with Gasteiger partial charge in [-0.2, -0.15) is 0 Å².